The Balaban J connectivity index is 2.06. The minimum atomic E-state index is 1.24. The van der Waals surface area contributed by atoms with Crippen molar-refractivity contribution in [2.45, 2.75) is 0 Å². The van der Waals surface area contributed by atoms with Crippen LogP contribution in [0.25, 0.3) is 38.4 Å². The van der Waals surface area contributed by atoms with Crippen LogP contribution in [0.4, 0.5) is 0 Å². The van der Waals surface area contributed by atoms with Crippen molar-refractivity contribution in [2.75, 3.05) is 0 Å². The summed E-state index contributed by atoms with van der Waals surface area (Å²) in [5, 5.41) is 3.85. The van der Waals surface area contributed by atoms with E-state index in [2.05, 4.69) is 95.4 Å². The third-order valence-electron chi connectivity index (χ3n) is 4.55. The first-order valence-corrected chi connectivity index (χ1v) is 7.89. The molecule has 0 aliphatic heterocycles. The maximum atomic E-state index is 2.38. The Hall–Kier alpha value is -3.06. The molecule has 0 unspecified atom stereocenters. The number of pyridine rings is 1. The SMILES string of the molecule is c1ccc(-c2cc3ccccc3c3cc4ccccc4n23)cc1. The van der Waals surface area contributed by atoms with Crippen LogP contribution in [0.3, 0.4) is 0 Å². The Bertz CT molecular complexity index is 1150. The smallest absolute Gasteiger partial charge is 0.0547 e. The van der Waals surface area contributed by atoms with Gasteiger partial charge in [-0.3, -0.25) is 0 Å². The molecule has 108 valence electrons. The first kappa shape index (κ1) is 12.5. The molecule has 0 radical (unpaired) electrons. The molecule has 2 aromatic heterocycles. The van der Waals surface area contributed by atoms with Crippen molar-refractivity contribution >= 4 is 27.2 Å². The molecule has 0 saturated heterocycles. The molecule has 2 heterocycles. The summed E-state index contributed by atoms with van der Waals surface area (Å²) in [6.45, 7) is 0. The monoisotopic (exact) mass is 293 g/mol. The van der Waals surface area contributed by atoms with E-state index in [9.17, 15) is 0 Å². The lowest BCUT2D eigenvalue weighted by molar-refractivity contribution is 1.27. The van der Waals surface area contributed by atoms with Crippen LogP contribution >= 0.6 is 0 Å². The number of rotatable bonds is 1. The quantitative estimate of drug-likeness (QED) is 0.362. The molecule has 0 fully saturated rings. The van der Waals surface area contributed by atoms with E-state index < -0.39 is 0 Å². The molecule has 0 aliphatic rings. The summed E-state index contributed by atoms with van der Waals surface area (Å²) < 4.78 is 2.38. The Labute approximate surface area is 134 Å². The van der Waals surface area contributed by atoms with Crippen LogP contribution in [-0.4, -0.2) is 4.40 Å². The first-order chi connectivity index (χ1) is 11.4. The highest BCUT2D eigenvalue weighted by Crippen LogP contribution is 2.33. The average molecular weight is 293 g/mol. The standard InChI is InChI=1S/C22H15N/c1-2-8-16(9-3-1)21-14-17-10-4-6-12-19(17)22-15-18-11-5-7-13-20(18)23(21)22/h1-15H. The van der Waals surface area contributed by atoms with Crippen molar-refractivity contribution in [3.63, 3.8) is 0 Å². The van der Waals surface area contributed by atoms with Gasteiger partial charge in [0.15, 0.2) is 0 Å². The van der Waals surface area contributed by atoms with Crippen LogP contribution in [0, 0.1) is 0 Å². The number of hydrogen-bond donors (Lipinski definition) is 0. The predicted octanol–water partition coefficient (Wildman–Crippen LogP) is 5.91. The molecule has 0 amide bonds. The third-order valence-corrected chi connectivity index (χ3v) is 4.55. The van der Waals surface area contributed by atoms with E-state index in [1.54, 1.807) is 0 Å². The topological polar surface area (TPSA) is 4.41 Å². The van der Waals surface area contributed by atoms with Crippen molar-refractivity contribution in [2.24, 2.45) is 0 Å². The van der Waals surface area contributed by atoms with E-state index in [-0.39, 0.29) is 0 Å². The zero-order valence-corrected chi connectivity index (χ0v) is 12.6. The summed E-state index contributed by atoms with van der Waals surface area (Å²) in [7, 11) is 0. The number of nitrogens with zero attached hydrogens (tertiary/aromatic N) is 1. The number of para-hydroxylation sites is 1. The largest absolute Gasteiger partial charge is 0.309 e. The van der Waals surface area contributed by atoms with Crippen molar-refractivity contribution in [1.29, 1.82) is 0 Å². The van der Waals surface area contributed by atoms with Crippen molar-refractivity contribution < 1.29 is 0 Å². The second-order valence-corrected chi connectivity index (χ2v) is 5.91. The fourth-order valence-electron chi connectivity index (χ4n) is 3.50. The van der Waals surface area contributed by atoms with Gasteiger partial charge in [0.05, 0.1) is 16.7 Å². The molecule has 0 bridgehead atoms. The van der Waals surface area contributed by atoms with E-state index in [4.69, 9.17) is 0 Å². The molecule has 5 rings (SSSR count). The van der Waals surface area contributed by atoms with Crippen LogP contribution in [0.15, 0.2) is 91.0 Å². The number of fused-ring (bicyclic) bond motifs is 5. The van der Waals surface area contributed by atoms with Gasteiger partial charge in [0.2, 0.25) is 0 Å². The van der Waals surface area contributed by atoms with E-state index in [0.717, 1.165) is 0 Å². The van der Waals surface area contributed by atoms with Crippen LogP contribution in [-0.2, 0) is 0 Å². The van der Waals surface area contributed by atoms with Crippen LogP contribution < -0.4 is 0 Å². The first-order valence-electron chi connectivity index (χ1n) is 7.89. The maximum absolute atomic E-state index is 2.38. The summed E-state index contributed by atoms with van der Waals surface area (Å²) in [5.74, 6) is 0. The summed E-state index contributed by atoms with van der Waals surface area (Å²) in [6.07, 6.45) is 0. The lowest BCUT2D eigenvalue weighted by Crippen LogP contribution is -1.93. The van der Waals surface area contributed by atoms with Gasteiger partial charge in [-0.1, -0.05) is 72.8 Å². The molecule has 0 aliphatic carbocycles. The van der Waals surface area contributed by atoms with E-state index >= 15 is 0 Å². The Kier molecular flexibility index (Phi) is 2.56. The number of benzene rings is 3. The highest BCUT2D eigenvalue weighted by Gasteiger charge is 2.11. The Morgan fingerprint density at radius 3 is 2.09 bits per heavy atom. The zero-order valence-electron chi connectivity index (χ0n) is 12.6. The van der Waals surface area contributed by atoms with Crippen molar-refractivity contribution in [3.8, 4) is 11.3 Å². The highest BCUT2D eigenvalue weighted by molar-refractivity contribution is 6.04. The minimum Gasteiger partial charge on any atom is -0.309 e. The molecular weight excluding hydrogens is 278 g/mol. The molecule has 0 N–H and O–H groups in total. The zero-order chi connectivity index (χ0) is 15.2. The van der Waals surface area contributed by atoms with Gasteiger partial charge in [0, 0.05) is 10.8 Å². The van der Waals surface area contributed by atoms with E-state index in [1.165, 1.54) is 38.4 Å². The predicted molar refractivity (Wildman–Crippen MR) is 97.8 cm³/mol. The van der Waals surface area contributed by atoms with Gasteiger partial charge in [-0.05, 0) is 29.1 Å². The van der Waals surface area contributed by atoms with Crippen molar-refractivity contribution in [1.82, 2.24) is 4.40 Å². The fourth-order valence-corrected chi connectivity index (χ4v) is 3.50. The molecular formula is C22H15N. The summed E-state index contributed by atoms with van der Waals surface area (Å²) in [6, 6.07) is 32.4. The van der Waals surface area contributed by atoms with Gasteiger partial charge in [0.1, 0.15) is 0 Å². The second-order valence-electron chi connectivity index (χ2n) is 5.91. The lowest BCUT2D eigenvalue weighted by Gasteiger charge is -2.11. The fraction of sp³-hybridized carbons (Fsp3) is 0. The van der Waals surface area contributed by atoms with Gasteiger partial charge < -0.3 is 4.40 Å². The lowest BCUT2D eigenvalue weighted by atomic mass is 10.1. The maximum Gasteiger partial charge on any atom is 0.0547 e. The van der Waals surface area contributed by atoms with Gasteiger partial charge in [-0.15, -0.1) is 0 Å². The van der Waals surface area contributed by atoms with Crippen molar-refractivity contribution in [3.05, 3.63) is 91.0 Å². The summed E-state index contributed by atoms with van der Waals surface area (Å²) in [5.41, 5.74) is 5.00. The van der Waals surface area contributed by atoms with E-state index in [1.807, 2.05) is 0 Å². The molecule has 0 spiro atoms. The van der Waals surface area contributed by atoms with Gasteiger partial charge >= 0.3 is 0 Å². The number of hydrogen-bond acceptors (Lipinski definition) is 0. The van der Waals surface area contributed by atoms with E-state index in [0.29, 0.717) is 0 Å². The molecule has 0 atom stereocenters. The number of aromatic nitrogens is 1. The second kappa shape index (κ2) is 4.72. The van der Waals surface area contributed by atoms with Gasteiger partial charge in [-0.25, -0.2) is 0 Å². The minimum absolute atomic E-state index is 1.24. The molecule has 1 nitrogen and oxygen atoms in total. The third kappa shape index (κ3) is 1.80. The molecule has 23 heavy (non-hydrogen) atoms. The molecule has 0 saturated carbocycles. The molecule has 3 aromatic carbocycles. The van der Waals surface area contributed by atoms with Crippen LogP contribution in [0.2, 0.25) is 0 Å². The van der Waals surface area contributed by atoms with Crippen LogP contribution in [0.1, 0.15) is 0 Å². The molecule has 1 heteroatoms. The van der Waals surface area contributed by atoms with Gasteiger partial charge in [0.25, 0.3) is 0 Å². The molecule has 5 aromatic rings. The summed E-state index contributed by atoms with van der Waals surface area (Å²) in [4.78, 5) is 0. The summed E-state index contributed by atoms with van der Waals surface area (Å²) >= 11 is 0. The average Bonchev–Trinajstić information content (AvgIpc) is 3.02. The Morgan fingerprint density at radius 1 is 0.522 bits per heavy atom. The van der Waals surface area contributed by atoms with Crippen LogP contribution in [0.5, 0.6) is 0 Å². The normalized spacial score (nSPS) is 11.5. The van der Waals surface area contributed by atoms with Gasteiger partial charge in [-0.2, -0.15) is 0 Å². The Morgan fingerprint density at radius 2 is 1.22 bits per heavy atom. The highest BCUT2D eigenvalue weighted by atomic mass is 14.9.